The van der Waals surface area contributed by atoms with Crippen LogP contribution in [-0.4, -0.2) is 12.6 Å². The van der Waals surface area contributed by atoms with Crippen molar-refractivity contribution in [2.45, 2.75) is 64.3 Å². The summed E-state index contributed by atoms with van der Waals surface area (Å²) in [4.78, 5) is 0. The molecular weight excluding hydrogens is 194 g/mol. The second-order valence-corrected chi connectivity index (χ2v) is 6.68. The van der Waals surface area contributed by atoms with E-state index in [4.69, 9.17) is 0 Å². The van der Waals surface area contributed by atoms with Gasteiger partial charge in [-0.15, -0.1) is 0 Å². The first-order valence-corrected chi connectivity index (χ1v) is 7.56. The number of nitrogens with one attached hydrogen (secondary N) is 1. The van der Waals surface area contributed by atoms with Gasteiger partial charge in [0.05, 0.1) is 0 Å². The van der Waals surface area contributed by atoms with Crippen LogP contribution in [0.1, 0.15) is 58.3 Å². The predicted octanol–water partition coefficient (Wildman–Crippen LogP) is 3.59. The van der Waals surface area contributed by atoms with Gasteiger partial charge in [0, 0.05) is 6.04 Å². The normalized spacial score (nSPS) is 28.1. The predicted molar refractivity (Wildman–Crippen MR) is 68.4 cm³/mol. The summed E-state index contributed by atoms with van der Waals surface area (Å²) in [5, 5.41) is 3.82. The molecule has 1 heteroatoms. The standard InChI is InChI=1S/C15H27N/c1-11(9-12-3-2-4-12)16-10-15(13-5-6-13)14-7-8-14/h11-16H,2-10H2,1H3. The summed E-state index contributed by atoms with van der Waals surface area (Å²) in [5.74, 6) is 4.32. The van der Waals surface area contributed by atoms with Gasteiger partial charge in [-0.05, 0) is 69.2 Å². The molecule has 1 N–H and O–H groups in total. The van der Waals surface area contributed by atoms with E-state index in [2.05, 4.69) is 12.2 Å². The topological polar surface area (TPSA) is 12.0 Å². The van der Waals surface area contributed by atoms with Crippen LogP contribution in [0.4, 0.5) is 0 Å². The molecule has 0 heterocycles. The summed E-state index contributed by atoms with van der Waals surface area (Å²) in [7, 11) is 0. The molecule has 0 aliphatic heterocycles. The molecule has 1 atom stereocenters. The van der Waals surface area contributed by atoms with E-state index >= 15 is 0 Å². The lowest BCUT2D eigenvalue weighted by atomic mass is 9.81. The van der Waals surface area contributed by atoms with Crippen LogP contribution in [0.2, 0.25) is 0 Å². The Morgan fingerprint density at radius 1 is 1.00 bits per heavy atom. The number of hydrogen-bond donors (Lipinski definition) is 1. The molecular formula is C15H27N. The minimum atomic E-state index is 0.769. The van der Waals surface area contributed by atoms with Crippen molar-refractivity contribution in [3.8, 4) is 0 Å². The van der Waals surface area contributed by atoms with E-state index in [1.54, 1.807) is 0 Å². The minimum Gasteiger partial charge on any atom is -0.314 e. The van der Waals surface area contributed by atoms with Gasteiger partial charge in [0.25, 0.3) is 0 Å². The maximum Gasteiger partial charge on any atom is 0.00414 e. The molecule has 3 aliphatic carbocycles. The number of rotatable bonds is 7. The minimum absolute atomic E-state index is 0.769. The lowest BCUT2D eigenvalue weighted by Gasteiger charge is -2.29. The third kappa shape index (κ3) is 2.80. The first-order valence-electron chi connectivity index (χ1n) is 7.56. The van der Waals surface area contributed by atoms with Crippen LogP contribution < -0.4 is 5.32 Å². The lowest BCUT2D eigenvalue weighted by Crippen LogP contribution is -2.35. The van der Waals surface area contributed by atoms with Gasteiger partial charge in [-0.25, -0.2) is 0 Å². The zero-order valence-corrected chi connectivity index (χ0v) is 10.8. The molecule has 0 aromatic rings. The molecule has 3 aliphatic rings. The highest BCUT2D eigenvalue weighted by molar-refractivity contribution is 4.92. The van der Waals surface area contributed by atoms with Gasteiger partial charge in [-0.3, -0.25) is 0 Å². The van der Waals surface area contributed by atoms with E-state index in [0.717, 1.165) is 29.7 Å². The van der Waals surface area contributed by atoms with Crippen LogP contribution in [0.15, 0.2) is 0 Å². The highest BCUT2D eigenvalue weighted by Crippen LogP contribution is 2.48. The molecule has 16 heavy (non-hydrogen) atoms. The van der Waals surface area contributed by atoms with Gasteiger partial charge >= 0.3 is 0 Å². The zero-order chi connectivity index (χ0) is 11.0. The summed E-state index contributed by atoms with van der Waals surface area (Å²) in [6.45, 7) is 3.72. The lowest BCUT2D eigenvalue weighted by molar-refractivity contribution is 0.256. The van der Waals surface area contributed by atoms with Crippen LogP contribution in [0.5, 0.6) is 0 Å². The van der Waals surface area contributed by atoms with Crippen molar-refractivity contribution in [2.75, 3.05) is 6.54 Å². The Balaban J connectivity index is 1.36. The molecule has 1 unspecified atom stereocenters. The molecule has 3 saturated carbocycles. The molecule has 1 nitrogen and oxygen atoms in total. The number of hydrogen-bond acceptors (Lipinski definition) is 1. The Morgan fingerprint density at radius 2 is 1.62 bits per heavy atom. The van der Waals surface area contributed by atoms with E-state index in [1.165, 1.54) is 57.9 Å². The highest BCUT2D eigenvalue weighted by atomic mass is 14.9. The van der Waals surface area contributed by atoms with E-state index < -0.39 is 0 Å². The van der Waals surface area contributed by atoms with Crippen LogP contribution in [0.25, 0.3) is 0 Å². The quantitative estimate of drug-likeness (QED) is 0.693. The fraction of sp³-hybridized carbons (Fsp3) is 1.00. The van der Waals surface area contributed by atoms with Gasteiger partial charge in [-0.1, -0.05) is 19.3 Å². The summed E-state index contributed by atoms with van der Waals surface area (Å²) < 4.78 is 0. The molecule has 0 bridgehead atoms. The smallest absolute Gasteiger partial charge is 0.00414 e. The van der Waals surface area contributed by atoms with Crippen LogP contribution in [0, 0.1) is 23.7 Å². The Kier molecular flexibility index (Phi) is 3.24. The SMILES string of the molecule is CC(CC1CCC1)NCC(C1CC1)C1CC1. The second-order valence-electron chi connectivity index (χ2n) is 6.68. The average Bonchev–Trinajstić information content (AvgIpc) is 3.03. The molecule has 0 aromatic carbocycles. The molecule has 0 spiro atoms. The highest BCUT2D eigenvalue weighted by Gasteiger charge is 2.41. The van der Waals surface area contributed by atoms with Crippen molar-refractivity contribution in [3.63, 3.8) is 0 Å². The first-order chi connectivity index (χ1) is 7.83. The fourth-order valence-electron chi connectivity index (χ4n) is 3.42. The Morgan fingerprint density at radius 3 is 2.06 bits per heavy atom. The second kappa shape index (κ2) is 4.68. The summed E-state index contributed by atoms with van der Waals surface area (Å²) in [6, 6.07) is 0.769. The fourth-order valence-corrected chi connectivity index (χ4v) is 3.42. The van der Waals surface area contributed by atoms with E-state index in [0.29, 0.717) is 0 Å². The van der Waals surface area contributed by atoms with Crippen molar-refractivity contribution < 1.29 is 0 Å². The van der Waals surface area contributed by atoms with Gasteiger partial charge in [0.2, 0.25) is 0 Å². The monoisotopic (exact) mass is 221 g/mol. The largest absolute Gasteiger partial charge is 0.314 e. The zero-order valence-electron chi connectivity index (χ0n) is 10.8. The summed E-state index contributed by atoms with van der Waals surface area (Å²) >= 11 is 0. The van der Waals surface area contributed by atoms with E-state index in [9.17, 15) is 0 Å². The average molecular weight is 221 g/mol. The van der Waals surface area contributed by atoms with Gasteiger partial charge < -0.3 is 5.32 Å². The Labute approximate surface area is 100 Å². The molecule has 3 fully saturated rings. The van der Waals surface area contributed by atoms with Crippen LogP contribution in [-0.2, 0) is 0 Å². The maximum atomic E-state index is 3.82. The van der Waals surface area contributed by atoms with Crippen molar-refractivity contribution in [1.29, 1.82) is 0 Å². The molecule has 0 radical (unpaired) electrons. The van der Waals surface area contributed by atoms with Gasteiger partial charge in [0.1, 0.15) is 0 Å². The Bertz CT molecular complexity index is 214. The van der Waals surface area contributed by atoms with Crippen molar-refractivity contribution >= 4 is 0 Å². The van der Waals surface area contributed by atoms with Crippen LogP contribution in [0.3, 0.4) is 0 Å². The van der Waals surface area contributed by atoms with Crippen molar-refractivity contribution in [3.05, 3.63) is 0 Å². The first kappa shape index (κ1) is 11.1. The van der Waals surface area contributed by atoms with E-state index in [-0.39, 0.29) is 0 Å². The maximum absolute atomic E-state index is 3.82. The molecule has 0 saturated heterocycles. The van der Waals surface area contributed by atoms with E-state index in [1.807, 2.05) is 0 Å². The molecule has 92 valence electrons. The third-order valence-corrected chi connectivity index (χ3v) is 5.07. The van der Waals surface area contributed by atoms with Gasteiger partial charge in [-0.2, -0.15) is 0 Å². The summed E-state index contributed by atoms with van der Waals surface area (Å²) in [6.07, 6.45) is 12.0. The molecule has 0 amide bonds. The summed E-state index contributed by atoms with van der Waals surface area (Å²) in [5.41, 5.74) is 0. The van der Waals surface area contributed by atoms with Crippen molar-refractivity contribution in [1.82, 2.24) is 5.32 Å². The molecule has 3 rings (SSSR count). The van der Waals surface area contributed by atoms with Gasteiger partial charge in [0.15, 0.2) is 0 Å². The third-order valence-electron chi connectivity index (χ3n) is 5.07. The molecule has 0 aromatic heterocycles. The Hall–Kier alpha value is -0.0400. The van der Waals surface area contributed by atoms with Crippen LogP contribution >= 0.6 is 0 Å². The van der Waals surface area contributed by atoms with Crippen molar-refractivity contribution in [2.24, 2.45) is 23.7 Å².